The van der Waals surface area contributed by atoms with Gasteiger partial charge in [-0.3, -0.25) is 4.79 Å². The molecule has 0 aromatic rings. The lowest BCUT2D eigenvalue weighted by atomic mass is 9.90. The monoisotopic (exact) mass is 259 g/mol. The van der Waals surface area contributed by atoms with Gasteiger partial charge in [0.2, 0.25) is 0 Å². The van der Waals surface area contributed by atoms with Crippen LogP contribution in [0.1, 0.15) is 25.7 Å². The van der Waals surface area contributed by atoms with Gasteiger partial charge in [0.05, 0.1) is 12.2 Å². The Labute approximate surface area is 104 Å². The van der Waals surface area contributed by atoms with E-state index in [-0.39, 0.29) is 25.0 Å². The molecule has 7 nitrogen and oxygen atoms in total. The molecule has 18 heavy (non-hydrogen) atoms. The smallest absolute Gasteiger partial charge is 0.336 e. The zero-order chi connectivity index (χ0) is 13.3. The van der Waals surface area contributed by atoms with Crippen molar-refractivity contribution < 1.29 is 29.3 Å². The van der Waals surface area contributed by atoms with Crippen LogP contribution in [0, 0.1) is 0 Å². The van der Waals surface area contributed by atoms with Gasteiger partial charge in [-0.25, -0.2) is 4.79 Å². The van der Waals surface area contributed by atoms with Gasteiger partial charge < -0.3 is 25.4 Å². The molecule has 4 atom stereocenters. The van der Waals surface area contributed by atoms with Crippen molar-refractivity contribution in [3.8, 4) is 0 Å². The second-order valence-corrected chi connectivity index (χ2v) is 4.86. The van der Waals surface area contributed by atoms with Crippen LogP contribution in [0.15, 0.2) is 0 Å². The Kier molecular flexibility index (Phi) is 3.56. The molecular weight excluding hydrogens is 242 g/mol. The molecule has 0 saturated carbocycles. The van der Waals surface area contributed by atoms with Gasteiger partial charge in [-0.2, -0.15) is 0 Å². The third-order valence-electron chi connectivity index (χ3n) is 3.54. The molecule has 2 aliphatic heterocycles. The first-order chi connectivity index (χ1) is 8.44. The Morgan fingerprint density at radius 1 is 1.39 bits per heavy atom. The number of hydrogen-bond donors (Lipinski definition) is 3. The highest BCUT2D eigenvalue weighted by molar-refractivity contribution is 5.80. The van der Waals surface area contributed by atoms with E-state index in [1.165, 1.54) is 0 Å². The summed E-state index contributed by atoms with van der Waals surface area (Å²) < 4.78 is 11.0. The van der Waals surface area contributed by atoms with Gasteiger partial charge in [-0.15, -0.1) is 0 Å². The first kappa shape index (κ1) is 13.3. The Morgan fingerprint density at radius 3 is 2.67 bits per heavy atom. The van der Waals surface area contributed by atoms with Crippen molar-refractivity contribution >= 4 is 11.9 Å². The maximum Gasteiger partial charge on any atom is 0.336 e. The lowest BCUT2D eigenvalue weighted by molar-refractivity contribution is -0.168. The summed E-state index contributed by atoms with van der Waals surface area (Å²) in [5.41, 5.74) is 3.89. The van der Waals surface area contributed by atoms with Crippen molar-refractivity contribution in [2.45, 2.75) is 49.5 Å². The SMILES string of the molecule is NC(C[C@]1(C(=O)O)CC2OCCCC2O1)C(=O)O. The molecule has 0 spiro atoms. The van der Waals surface area contributed by atoms with Gasteiger partial charge in [0.1, 0.15) is 6.04 Å². The fourth-order valence-corrected chi connectivity index (χ4v) is 2.60. The molecule has 0 amide bonds. The van der Waals surface area contributed by atoms with Gasteiger partial charge in [0.15, 0.2) is 5.60 Å². The lowest BCUT2D eigenvalue weighted by Gasteiger charge is -2.26. The van der Waals surface area contributed by atoms with Gasteiger partial charge in [0, 0.05) is 19.4 Å². The van der Waals surface area contributed by atoms with E-state index in [9.17, 15) is 14.7 Å². The average molecular weight is 259 g/mol. The summed E-state index contributed by atoms with van der Waals surface area (Å²) in [6.07, 6.45) is 0.943. The molecule has 0 radical (unpaired) electrons. The topological polar surface area (TPSA) is 119 Å². The van der Waals surface area contributed by atoms with E-state index in [4.69, 9.17) is 20.3 Å². The maximum atomic E-state index is 11.4. The summed E-state index contributed by atoms with van der Waals surface area (Å²) >= 11 is 0. The summed E-state index contributed by atoms with van der Waals surface area (Å²) in [5, 5.41) is 18.1. The number of carboxylic acid groups (broad SMARTS) is 2. The number of hydrogen-bond acceptors (Lipinski definition) is 5. The minimum absolute atomic E-state index is 0.161. The molecule has 0 aromatic carbocycles. The molecule has 2 aliphatic rings. The van der Waals surface area contributed by atoms with Crippen LogP contribution < -0.4 is 5.73 Å². The molecule has 2 heterocycles. The van der Waals surface area contributed by atoms with Crippen molar-refractivity contribution in [2.75, 3.05) is 6.61 Å². The second kappa shape index (κ2) is 4.83. The van der Waals surface area contributed by atoms with E-state index in [1.807, 2.05) is 0 Å². The number of carbonyl (C=O) groups is 2. The lowest BCUT2D eigenvalue weighted by Crippen LogP contribution is -2.46. The van der Waals surface area contributed by atoms with Crippen molar-refractivity contribution in [1.29, 1.82) is 0 Å². The van der Waals surface area contributed by atoms with Crippen molar-refractivity contribution in [1.82, 2.24) is 0 Å². The van der Waals surface area contributed by atoms with Crippen molar-refractivity contribution in [3.05, 3.63) is 0 Å². The molecule has 0 aromatic heterocycles. The minimum atomic E-state index is -1.53. The molecule has 2 rings (SSSR count). The largest absolute Gasteiger partial charge is 0.480 e. The van der Waals surface area contributed by atoms with Gasteiger partial charge in [-0.1, -0.05) is 0 Å². The minimum Gasteiger partial charge on any atom is -0.480 e. The van der Waals surface area contributed by atoms with Crippen LogP contribution in [0.2, 0.25) is 0 Å². The first-order valence-corrected chi connectivity index (χ1v) is 5.96. The van der Waals surface area contributed by atoms with Crippen LogP contribution in [-0.4, -0.2) is 52.6 Å². The predicted molar refractivity (Wildman–Crippen MR) is 59.1 cm³/mol. The Hall–Kier alpha value is -1.18. The molecule has 7 heteroatoms. The summed E-state index contributed by atoms with van der Waals surface area (Å²) in [6.45, 7) is 0.589. The Bertz CT molecular complexity index is 343. The molecule has 0 aliphatic carbocycles. The summed E-state index contributed by atoms with van der Waals surface area (Å²) in [4.78, 5) is 22.2. The van der Waals surface area contributed by atoms with E-state index >= 15 is 0 Å². The number of ether oxygens (including phenoxy) is 2. The molecule has 0 bridgehead atoms. The zero-order valence-corrected chi connectivity index (χ0v) is 9.87. The highest BCUT2D eigenvalue weighted by Gasteiger charge is 2.54. The number of carboxylic acids is 2. The van der Waals surface area contributed by atoms with Gasteiger partial charge in [0.25, 0.3) is 0 Å². The Balaban J connectivity index is 2.13. The van der Waals surface area contributed by atoms with E-state index in [2.05, 4.69) is 0 Å². The highest BCUT2D eigenvalue weighted by atomic mass is 16.6. The predicted octanol–water partition coefficient (Wildman–Crippen LogP) is -0.420. The van der Waals surface area contributed by atoms with Gasteiger partial charge in [-0.05, 0) is 12.8 Å². The van der Waals surface area contributed by atoms with Crippen LogP contribution >= 0.6 is 0 Å². The van der Waals surface area contributed by atoms with Crippen LogP contribution in [-0.2, 0) is 19.1 Å². The van der Waals surface area contributed by atoms with Crippen molar-refractivity contribution in [3.63, 3.8) is 0 Å². The first-order valence-electron chi connectivity index (χ1n) is 5.96. The molecule has 2 saturated heterocycles. The van der Waals surface area contributed by atoms with Crippen LogP contribution in [0.25, 0.3) is 0 Å². The molecule has 102 valence electrons. The molecule has 3 unspecified atom stereocenters. The number of aliphatic carboxylic acids is 2. The third kappa shape index (κ3) is 2.33. The molecule has 2 fully saturated rings. The fraction of sp³-hybridized carbons (Fsp3) is 0.818. The number of nitrogens with two attached hydrogens (primary N) is 1. The second-order valence-electron chi connectivity index (χ2n) is 4.86. The van der Waals surface area contributed by atoms with Crippen molar-refractivity contribution in [2.24, 2.45) is 5.73 Å². The van der Waals surface area contributed by atoms with E-state index in [1.54, 1.807) is 0 Å². The standard InChI is InChI=1S/C11H17NO6/c12-6(9(13)14)4-11(10(15)16)5-8-7(18-11)2-1-3-17-8/h6-8H,1-5,12H2,(H,13,14)(H,15,16)/t6?,7?,8?,11-/m1/s1. The van der Waals surface area contributed by atoms with E-state index in [0.717, 1.165) is 12.8 Å². The Morgan fingerprint density at radius 2 is 2.11 bits per heavy atom. The summed E-state index contributed by atoms with van der Waals surface area (Å²) in [5.74, 6) is -2.40. The number of rotatable bonds is 4. The molecular formula is C11H17NO6. The van der Waals surface area contributed by atoms with E-state index < -0.39 is 23.6 Å². The quantitative estimate of drug-likeness (QED) is 0.627. The highest BCUT2D eigenvalue weighted by Crippen LogP contribution is 2.39. The van der Waals surface area contributed by atoms with E-state index in [0.29, 0.717) is 6.61 Å². The maximum absolute atomic E-state index is 11.4. The molecule has 4 N–H and O–H groups in total. The summed E-state index contributed by atoms with van der Waals surface area (Å²) in [6, 6.07) is -1.25. The normalized spacial score (nSPS) is 36.9. The van der Waals surface area contributed by atoms with Gasteiger partial charge >= 0.3 is 11.9 Å². The van der Waals surface area contributed by atoms with Crippen LogP contribution in [0.3, 0.4) is 0 Å². The fourth-order valence-electron chi connectivity index (χ4n) is 2.60. The summed E-state index contributed by atoms with van der Waals surface area (Å²) in [7, 11) is 0. The van der Waals surface area contributed by atoms with Crippen LogP contribution in [0.4, 0.5) is 0 Å². The zero-order valence-electron chi connectivity index (χ0n) is 9.87. The number of fused-ring (bicyclic) bond motifs is 1. The van der Waals surface area contributed by atoms with Crippen LogP contribution in [0.5, 0.6) is 0 Å². The average Bonchev–Trinajstić information content (AvgIpc) is 2.68. The third-order valence-corrected chi connectivity index (χ3v) is 3.54.